The summed E-state index contributed by atoms with van der Waals surface area (Å²) in [4.78, 5) is 35.3. The minimum absolute atomic E-state index is 0.0612. The average molecular weight is 314 g/mol. The van der Waals surface area contributed by atoms with Crippen LogP contribution < -0.4 is 10.2 Å². The Morgan fingerprint density at radius 3 is 2.57 bits per heavy atom. The molecular formula is C17H14O6. The van der Waals surface area contributed by atoms with Gasteiger partial charge in [-0.15, -0.1) is 0 Å². The van der Waals surface area contributed by atoms with Crippen LogP contribution in [0.3, 0.4) is 0 Å². The van der Waals surface area contributed by atoms with E-state index in [1.165, 1.54) is 13.2 Å². The first kappa shape index (κ1) is 15.0. The maximum atomic E-state index is 12.0. The van der Waals surface area contributed by atoms with Crippen molar-refractivity contribution in [3.05, 3.63) is 63.2 Å². The molecule has 6 nitrogen and oxygen atoms in total. The Bertz CT molecular complexity index is 831. The van der Waals surface area contributed by atoms with Gasteiger partial charge < -0.3 is 13.9 Å². The first-order valence-corrected chi connectivity index (χ1v) is 7.03. The van der Waals surface area contributed by atoms with Gasteiger partial charge in [-0.3, -0.25) is 9.59 Å². The zero-order chi connectivity index (χ0) is 16.6. The number of hydrogen-bond acceptors (Lipinski definition) is 6. The summed E-state index contributed by atoms with van der Waals surface area (Å²) in [6.07, 6.45) is 0.0664. The molecule has 1 unspecified atom stereocenters. The van der Waals surface area contributed by atoms with E-state index in [2.05, 4.69) is 4.74 Å². The van der Waals surface area contributed by atoms with Crippen molar-refractivity contribution in [1.82, 2.24) is 0 Å². The van der Waals surface area contributed by atoms with Crippen molar-refractivity contribution in [1.29, 1.82) is 0 Å². The molecule has 3 rings (SSSR count). The third-order valence-electron chi connectivity index (χ3n) is 3.69. The van der Waals surface area contributed by atoms with Crippen LogP contribution in [0.1, 0.15) is 39.8 Å². The molecule has 0 radical (unpaired) electrons. The average Bonchev–Trinajstić information content (AvgIpc) is 2.54. The van der Waals surface area contributed by atoms with E-state index in [0.29, 0.717) is 17.1 Å². The van der Waals surface area contributed by atoms with Crippen LogP contribution in [0.4, 0.5) is 0 Å². The minimum atomic E-state index is -0.490. The topological polar surface area (TPSA) is 82.8 Å². The number of benzene rings is 1. The lowest BCUT2D eigenvalue weighted by molar-refractivity contribution is -0.136. The molecule has 1 aromatic carbocycles. The van der Waals surface area contributed by atoms with Crippen LogP contribution in [0.25, 0.3) is 0 Å². The Morgan fingerprint density at radius 1 is 1.22 bits per heavy atom. The number of fused-ring (bicyclic) bond motifs is 1. The molecular weight excluding hydrogens is 300 g/mol. The fourth-order valence-electron chi connectivity index (χ4n) is 2.60. The molecule has 0 aliphatic carbocycles. The lowest BCUT2D eigenvalue weighted by atomic mass is 9.90. The smallest absolute Gasteiger partial charge is 0.337 e. The van der Waals surface area contributed by atoms with Crippen molar-refractivity contribution in [2.24, 2.45) is 0 Å². The van der Waals surface area contributed by atoms with Crippen LogP contribution in [-0.2, 0) is 9.53 Å². The first-order chi connectivity index (χ1) is 11.0. The van der Waals surface area contributed by atoms with Crippen LogP contribution in [0.2, 0.25) is 0 Å². The standard InChI is InChI=1S/C17H14O6/c1-9-7-13(18)16-15(22-9)12(8-14(19)23-16)10-3-5-11(6-4-10)17(20)21-2/h3-7,12H,8H2,1-2H3. The third-order valence-corrected chi connectivity index (χ3v) is 3.69. The summed E-state index contributed by atoms with van der Waals surface area (Å²) < 4.78 is 15.3. The molecule has 0 fully saturated rings. The summed E-state index contributed by atoms with van der Waals surface area (Å²) in [6.45, 7) is 1.66. The van der Waals surface area contributed by atoms with Gasteiger partial charge in [0.05, 0.1) is 25.0 Å². The second-order valence-corrected chi connectivity index (χ2v) is 5.26. The highest BCUT2D eigenvalue weighted by Gasteiger charge is 2.33. The van der Waals surface area contributed by atoms with Gasteiger partial charge in [0.25, 0.3) is 0 Å². The fourth-order valence-corrected chi connectivity index (χ4v) is 2.60. The molecule has 6 heteroatoms. The summed E-state index contributed by atoms with van der Waals surface area (Å²) in [6, 6.07) is 7.92. The van der Waals surface area contributed by atoms with Crippen LogP contribution >= 0.6 is 0 Å². The number of ether oxygens (including phenoxy) is 2. The summed E-state index contributed by atoms with van der Waals surface area (Å²) in [5.41, 5.74) is 0.776. The molecule has 0 saturated heterocycles. The minimum Gasteiger partial charge on any atom is -0.465 e. The van der Waals surface area contributed by atoms with E-state index in [9.17, 15) is 14.4 Å². The predicted octanol–water partition coefficient (Wildman–Crippen LogP) is 2.18. The van der Waals surface area contributed by atoms with E-state index >= 15 is 0 Å². The van der Waals surface area contributed by atoms with Gasteiger partial charge in [0.2, 0.25) is 11.2 Å². The number of esters is 2. The molecule has 0 saturated carbocycles. The Balaban J connectivity index is 2.06. The van der Waals surface area contributed by atoms with Gasteiger partial charge in [-0.05, 0) is 24.6 Å². The van der Waals surface area contributed by atoms with Crippen molar-refractivity contribution < 1.29 is 23.5 Å². The van der Waals surface area contributed by atoms with E-state index in [1.807, 2.05) is 0 Å². The molecule has 1 aliphatic heterocycles. The van der Waals surface area contributed by atoms with Crippen LogP contribution in [0.5, 0.6) is 5.75 Å². The highest BCUT2D eigenvalue weighted by Crippen LogP contribution is 2.37. The molecule has 1 aliphatic rings. The molecule has 118 valence electrons. The predicted molar refractivity (Wildman–Crippen MR) is 79.6 cm³/mol. The van der Waals surface area contributed by atoms with E-state index in [-0.39, 0.29) is 17.6 Å². The molecule has 1 aromatic heterocycles. The van der Waals surface area contributed by atoms with Gasteiger partial charge in [-0.1, -0.05) is 12.1 Å². The normalized spacial score (nSPS) is 16.4. The second kappa shape index (κ2) is 5.72. The van der Waals surface area contributed by atoms with Gasteiger partial charge >= 0.3 is 11.9 Å². The number of rotatable bonds is 2. The van der Waals surface area contributed by atoms with Crippen molar-refractivity contribution >= 4 is 11.9 Å². The van der Waals surface area contributed by atoms with Gasteiger partial charge in [-0.25, -0.2) is 4.79 Å². The van der Waals surface area contributed by atoms with Crippen molar-refractivity contribution in [3.8, 4) is 5.75 Å². The van der Waals surface area contributed by atoms with E-state index in [0.717, 1.165) is 5.56 Å². The van der Waals surface area contributed by atoms with E-state index in [4.69, 9.17) is 9.15 Å². The Morgan fingerprint density at radius 2 is 1.91 bits per heavy atom. The summed E-state index contributed by atoms with van der Waals surface area (Å²) in [5, 5.41) is 0. The molecule has 0 N–H and O–H groups in total. The van der Waals surface area contributed by atoms with Crippen LogP contribution in [0, 0.1) is 6.92 Å². The molecule has 2 heterocycles. The maximum Gasteiger partial charge on any atom is 0.337 e. The van der Waals surface area contributed by atoms with Crippen LogP contribution in [-0.4, -0.2) is 19.0 Å². The van der Waals surface area contributed by atoms with Gasteiger partial charge in [0, 0.05) is 6.07 Å². The number of hydrogen-bond donors (Lipinski definition) is 0. The highest BCUT2D eigenvalue weighted by molar-refractivity contribution is 5.89. The number of aryl methyl sites for hydroxylation is 1. The first-order valence-electron chi connectivity index (χ1n) is 7.03. The lowest BCUT2D eigenvalue weighted by Crippen LogP contribution is -2.25. The summed E-state index contributed by atoms with van der Waals surface area (Å²) >= 11 is 0. The van der Waals surface area contributed by atoms with Gasteiger partial charge in [-0.2, -0.15) is 0 Å². The Hall–Kier alpha value is -2.89. The Labute approximate surface area is 131 Å². The highest BCUT2D eigenvalue weighted by atomic mass is 16.5. The molecule has 0 amide bonds. The van der Waals surface area contributed by atoms with E-state index in [1.54, 1.807) is 31.2 Å². The zero-order valence-corrected chi connectivity index (χ0v) is 12.6. The third kappa shape index (κ3) is 2.75. The fraction of sp³-hybridized carbons (Fsp3) is 0.235. The SMILES string of the molecule is COC(=O)c1ccc(C2CC(=O)Oc3c2oc(C)cc3=O)cc1. The van der Waals surface area contributed by atoms with Gasteiger partial charge in [0.15, 0.2) is 5.76 Å². The monoisotopic (exact) mass is 314 g/mol. The van der Waals surface area contributed by atoms with Crippen LogP contribution in [0.15, 0.2) is 39.5 Å². The number of carbonyl (C=O) groups is 2. The maximum absolute atomic E-state index is 12.0. The Kier molecular flexibility index (Phi) is 3.73. The summed E-state index contributed by atoms with van der Waals surface area (Å²) in [5.74, 6) is -0.638. The summed E-state index contributed by atoms with van der Waals surface area (Å²) in [7, 11) is 1.31. The molecule has 23 heavy (non-hydrogen) atoms. The van der Waals surface area contributed by atoms with Gasteiger partial charge in [0.1, 0.15) is 5.76 Å². The molecule has 0 bridgehead atoms. The zero-order valence-electron chi connectivity index (χ0n) is 12.6. The second-order valence-electron chi connectivity index (χ2n) is 5.26. The lowest BCUT2D eigenvalue weighted by Gasteiger charge is -2.23. The number of carbonyl (C=O) groups excluding carboxylic acids is 2. The molecule has 2 aromatic rings. The quantitative estimate of drug-likeness (QED) is 0.790. The van der Waals surface area contributed by atoms with Crippen molar-refractivity contribution in [2.45, 2.75) is 19.3 Å². The number of methoxy groups -OCH3 is 1. The largest absolute Gasteiger partial charge is 0.465 e. The molecule has 0 spiro atoms. The van der Waals surface area contributed by atoms with Crippen molar-refractivity contribution in [3.63, 3.8) is 0 Å². The van der Waals surface area contributed by atoms with E-state index < -0.39 is 17.9 Å². The molecule has 1 atom stereocenters. The van der Waals surface area contributed by atoms with Crippen molar-refractivity contribution in [2.75, 3.05) is 7.11 Å².